The number of amides is 1. The van der Waals surface area contributed by atoms with E-state index in [9.17, 15) is 4.79 Å². The van der Waals surface area contributed by atoms with Crippen LogP contribution in [-0.4, -0.2) is 16.8 Å². The lowest BCUT2D eigenvalue weighted by Gasteiger charge is -2.22. The molecule has 1 amide bonds. The van der Waals surface area contributed by atoms with Crippen molar-refractivity contribution in [1.29, 1.82) is 0 Å². The predicted octanol–water partition coefficient (Wildman–Crippen LogP) is 5.17. The maximum absolute atomic E-state index is 12.5. The van der Waals surface area contributed by atoms with Gasteiger partial charge in [-0.1, -0.05) is 91.0 Å². The predicted molar refractivity (Wildman–Crippen MR) is 154 cm³/mol. The van der Waals surface area contributed by atoms with Crippen LogP contribution in [0.1, 0.15) is 34.7 Å². The average molecular weight is 523 g/mol. The molecule has 0 fully saturated rings. The number of hydrogen-bond donors (Lipinski definition) is 2. The first-order valence-corrected chi connectivity index (χ1v) is 12.8. The maximum Gasteiger partial charge on any atom is 0.220 e. The maximum atomic E-state index is 12.5. The monoisotopic (exact) mass is 522 g/mol. The molecule has 0 aromatic heterocycles. The second-order valence-electron chi connectivity index (χ2n) is 9.26. The van der Waals surface area contributed by atoms with Gasteiger partial charge in [0.05, 0.1) is 6.54 Å². The van der Waals surface area contributed by atoms with Crippen molar-refractivity contribution in [2.45, 2.75) is 39.8 Å². The molecule has 39 heavy (non-hydrogen) atoms. The summed E-state index contributed by atoms with van der Waals surface area (Å²) in [7, 11) is 0. The molecule has 0 bridgehead atoms. The van der Waals surface area contributed by atoms with E-state index in [1.54, 1.807) is 11.8 Å². The fourth-order valence-corrected chi connectivity index (χ4v) is 4.01. The van der Waals surface area contributed by atoms with Gasteiger partial charge in [0.2, 0.25) is 5.91 Å². The Balaban J connectivity index is 1.48. The Labute approximate surface area is 229 Å². The minimum Gasteiger partial charge on any atom is -0.485 e. The molecule has 200 valence electrons. The van der Waals surface area contributed by atoms with Gasteiger partial charge in [-0.3, -0.25) is 4.79 Å². The third-order valence-electron chi connectivity index (χ3n) is 6.14. The molecule has 0 atom stereocenters. The van der Waals surface area contributed by atoms with Crippen molar-refractivity contribution in [2.24, 2.45) is 16.5 Å². The van der Waals surface area contributed by atoms with Crippen LogP contribution in [0.15, 0.2) is 108 Å². The molecule has 7 heteroatoms. The van der Waals surface area contributed by atoms with Gasteiger partial charge in [0.1, 0.15) is 13.2 Å². The first kappa shape index (κ1) is 27.3. The second kappa shape index (κ2) is 13.7. The fourth-order valence-electron chi connectivity index (χ4n) is 4.01. The molecule has 4 aromatic rings. The van der Waals surface area contributed by atoms with Gasteiger partial charge in [-0.05, 0) is 39.9 Å². The Hall–Kier alpha value is -4.78. The Bertz CT molecular complexity index is 1370. The van der Waals surface area contributed by atoms with Gasteiger partial charge in [0.15, 0.2) is 17.5 Å². The normalized spacial score (nSPS) is 10.5. The molecule has 4 aromatic carbocycles. The van der Waals surface area contributed by atoms with Crippen molar-refractivity contribution < 1.29 is 14.3 Å². The van der Waals surface area contributed by atoms with Crippen LogP contribution in [0.5, 0.6) is 11.5 Å². The summed E-state index contributed by atoms with van der Waals surface area (Å²) >= 11 is 0. The first-order chi connectivity index (χ1) is 19.0. The number of carbonyl (C=O) groups excluding carboxylic acids is 1. The Kier molecular flexibility index (Phi) is 9.56. The molecule has 7 nitrogen and oxygen atoms in total. The molecule has 0 aliphatic rings. The average Bonchev–Trinajstić information content (AvgIpc) is 2.95. The van der Waals surface area contributed by atoms with Crippen LogP contribution >= 0.6 is 0 Å². The number of aliphatic imine (C=N–C) groups is 1. The molecule has 4 N–H and O–H groups in total. The van der Waals surface area contributed by atoms with Gasteiger partial charge in [0, 0.05) is 20.0 Å². The summed E-state index contributed by atoms with van der Waals surface area (Å²) in [6.07, 6.45) is 0. The van der Waals surface area contributed by atoms with Crippen LogP contribution in [0.2, 0.25) is 0 Å². The van der Waals surface area contributed by atoms with Crippen LogP contribution in [0.3, 0.4) is 0 Å². The number of guanidine groups is 1. The van der Waals surface area contributed by atoms with E-state index < -0.39 is 0 Å². The van der Waals surface area contributed by atoms with Crippen molar-refractivity contribution in [2.75, 3.05) is 0 Å². The van der Waals surface area contributed by atoms with Crippen molar-refractivity contribution in [1.82, 2.24) is 4.90 Å². The van der Waals surface area contributed by atoms with Crippen molar-refractivity contribution in [3.63, 3.8) is 0 Å². The molecule has 0 aliphatic carbocycles. The van der Waals surface area contributed by atoms with Crippen LogP contribution < -0.4 is 20.9 Å². The standard InChI is InChI=1S/C32H34N4O3/c1-24(37)36(20-26-14-12-25(13-15-26)19-35-32(33)34)21-29-16-17-30(38-22-27-8-4-2-5-9-27)31(18-29)39-23-28-10-6-3-7-11-28/h2-18H,19-23H2,1H3,(H4,33,34,35). The number of rotatable bonds is 12. The number of ether oxygens (including phenoxy) is 2. The summed E-state index contributed by atoms with van der Waals surface area (Å²) in [5.41, 5.74) is 15.9. The number of nitrogens with zero attached hydrogens (tertiary/aromatic N) is 2. The minimum atomic E-state index is -0.0178. The summed E-state index contributed by atoms with van der Waals surface area (Å²) in [5, 5.41) is 0. The van der Waals surface area contributed by atoms with E-state index >= 15 is 0 Å². The topological polar surface area (TPSA) is 103 Å². The van der Waals surface area contributed by atoms with Crippen molar-refractivity contribution in [3.8, 4) is 11.5 Å². The van der Waals surface area contributed by atoms with Crippen LogP contribution in [-0.2, 0) is 37.6 Å². The number of hydrogen-bond acceptors (Lipinski definition) is 4. The highest BCUT2D eigenvalue weighted by Crippen LogP contribution is 2.31. The fraction of sp³-hybridized carbons (Fsp3) is 0.188. The van der Waals surface area contributed by atoms with Crippen molar-refractivity contribution in [3.05, 3.63) is 131 Å². The van der Waals surface area contributed by atoms with Crippen LogP contribution in [0.25, 0.3) is 0 Å². The summed E-state index contributed by atoms with van der Waals surface area (Å²) < 4.78 is 12.3. The Morgan fingerprint density at radius 3 is 1.74 bits per heavy atom. The molecule has 0 aliphatic heterocycles. The molecule has 0 saturated heterocycles. The van der Waals surface area contributed by atoms with E-state index in [2.05, 4.69) is 4.99 Å². The third-order valence-corrected chi connectivity index (χ3v) is 6.14. The molecule has 0 saturated carbocycles. The molecule has 0 heterocycles. The van der Waals surface area contributed by atoms with Gasteiger partial charge >= 0.3 is 0 Å². The van der Waals surface area contributed by atoms with Crippen molar-refractivity contribution >= 4 is 11.9 Å². The third kappa shape index (κ3) is 8.64. The van der Waals surface area contributed by atoms with E-state index in [1.165, 1.54) is 0 Å². The largest absolute Gasteiger partial charge is 0.485 e. The SMILES string of the molecule is CC(=O)N(Cc1ccc(CN=C(N)N)cc1)Cc1ccc(OCc2ccccc2)c(OCc2ccccc2)c1. The molecule has 0 unspecified atom stereocenters. The number of benzene rings is 4. The summed E-state index contributed by atoms with van der Waals surface area (Å²) in [6, 6.07) is 33.8. The lowest BCUT2D eigenvalue weighted by Crippen LogP contribution is -2.27. The molecule has 0 spiro atoms. The zero-order valence-electron chi connectivity index (χ0n) is 22.1. The molecular formula is C32H34N4O3. The number of nitrogens with two attached hydrogens (primary N) is 2. The Morgan fingerprint density at radius 1 is 0.667 bits per heavy atom. The highest BCUT2D eigenvalue weighted by Gasteiger charge is 2.14. The number of carbonyl (C=O) groups is 1. The van der Waals surface area contributed by atoms with Gasteiger partial charge in [-0.15, -0.1) is 0 Å². The Morgan fingerprint density at radius 2 is 1.18 bits per heavy atom. The molecule has 0 radical (unpaired) electrons. The van der Waals surface area contributed by atoms with Gasteiger partial charge in [-0.2, -0.15) is 0 Å². The highest BCUT2D eigenvalue weighted by atomic mass is 16.5. The summed E-state index contributed by atoms with van der Waals surface area (Å²) in [5.74, 6) is 1.34. The van der Waals surface area contributed by atoms with E-state index in [1.807, 2.05) is 103 Å². The highest BCUT2D eigenvalue weighted by molar-refractivity contribution is 5.75. The smallest absolute Gasteiger partial charge is 0.220 e. The zero-order chi connectivity index (χ0) is 27.5. The summed E-state index contributed by atoms with van der Waals surface area (Å²) in [6.45, 7) is 3.76. The van der Waals surface area contributed by atoms with Gasteiger partial charge in [-0.25, -0.2) is 4.99 Å². The molecular weight excluding hydrogens is 488 g/mol. The van der Waals surface area contributed by atoms with Gasteiger partial charge < -0.3 is 25.8 Å². The van der Waals surface area contributed by atoms with Crippen LogP contribution in [0.4, 0.5) is 0 Å². The van der Waals surface area contributed by atoms with E-state index in [4.69, 9.17) is 20.9 Å². The first-order valence-electron chi connectivity index (χ1n) is 12.8. The van der Waals surface area contributed by atoms with E-state index in [0.29, 0.717) is 44.3 Å². The molecule has 4 rings (SSSR count). The minimum absolute atomic E-state index is 0.0178. The van der Waals surface area contributed by atoms with Gasteiger partial charge in [0.25, 0.3) is 0 Å². The zero-order valence-corrected chi connectivity index (χ0v) is 22.1. The lowest BCUT2D eigenvalue weighted by molar-refractivity contribution is -0.130. The van der Waals surface area contributed by atoms with E-state index in [0.717, 1.165) is 27.8 Å². The van der Waals surface area contributed by atoms with E-state index in [-0.39, 0.29) is 11.9 Å². The van der Waals surface area contributed by atoms with Crippen LogP contribution in [0, 0.1) is 0 Å². The quantitative estimate of drug-likeness (QED) is 0.197. The lowest BCUT2D eigenvalue weighted by atomic mass is 10.1. The summed E-state index contributed by atoms with van der Waals surface area (Å²) in [4.78, 5) is 18.4. The second-order valence-corrected chi connectivity index (χ2v) is 9.26.